The first kappa shape index (κ1) is 12.8. The maximum Gasteiger partial charge on any atom is 0.255 e. The Kier molecular flexibility index (Phi) is 4.40. The Morgan fingerprint density at radius 2 is 2.29 bits per heavy atom. The second-order valence-corrected chi connectivity index (χ2v) is 6.06. The van der Waals surface area contributed by atoms with E-state index in [1.165, 1.54) is 0 Å². The summed E-state index contributed by atoms with van der Waals surface area (Å²) in [6.07, 6.45) is 1.12. The van der Waals surface area contributed by atoms with Gasteiger partial charge in [-0.1, -0.05) is 19.1 Å². The van der Waals surface area contributed by atoms with Crippen molar-refractivity contribution in [1.82, 2.24) is 4.90 Å². The van der Waals surface area contributed by atoms with Crippen LogP contribution < -0.4 is 0 Å². The highest BCUT2D eigenvalue weighted by Crippen LogP contribution is 2.23. The first-order valence-electron chi connectivity index (χ1n) is 5.91. The molecule has 1 aliphatic rings. The second-order valence-electron chi connectivity index (χ2n) is 4.17. The quantitative estimate of drug-likeness (QED) is 0.831. The smallest absolute Gasteiger partial charge is 0.255 e. The van der Waals surface area contributed by atoms with E-state index in [2.05, 4.69) is 19.6 Å². The lowest BCUT2D eigenvalue weighted by molar-refractivity contribution is 0.0757. The molecule has 1 heterocycles. The minimum absolute atomic E-state index is 0.120. The maximum atomic E-state index is 12.3. The van der Waals surface area contributed by atoms with E-state index < -0.39 is 0 Å². The van der Waals surface area contributed by atoms with E-state index in [0.717, 1.165) is 35.7 Å². The number of hydrogen-bond donors (Lipinski definition) is 1. The van der Waals surface area contributed by atoms with Crippen molar-refractivity contribution in [3.63, 3.8) is 0 Å². The van der Waals surface area contributed by atoms with Crippen LogP contribution in [0.5, 0.6) is 0 Å². The lowest BCUT2D eigenvalue weighted by Gasteiger charge is -2.32. The molecule has 92 valence electrons. The largest absolute Gasteiger partial charge is 0.337 e. The summed E-state index contributed by atoms with van der Waals surface area (Å²) in [5, 5.41) is 0.583. The van der Waals surface area contributed by atoms with Crippen molar-refractivity contribution in [3.8, 4) is 0 Å². The van der Waals surface area contributed by atoms with Gasteiger partial charge in [0.05, 0.1) is 5.56 Å². The highest BCUT2D eigenvalue weighted by Gasteiger charge is 2.24. The Bertz CT molecular complexity index is 408. The highest BCUT2D eigenvalue weighted by atomic mass is 32.2. The molecule has 2 rings (SSSR count). The third-order valence-corrected chi connectivity index (χ3v) is 4.78. The molecule has 1 aliphatic heterocycles. The molecule has 0 bridgehead atoms. The number of rotatable bonds is 2. The Labute approximate surface area is 112 Å². The van der Waals surface area contributed by atoms with Gasteiger partial charge in [-0.2, -0.15) is 11.8 Å². The number of amides is 1. The van der Waals surface area contributed by atoms with Crippen LogP contribution in [0.25, 0.3) is 0 Å². The molecule has 17 heavy (non-hydrogen) atoms. The lowest BCUT2D eigenvalue weighted by atomic mass is 10.2. The van der Waals surface area contributed by atoms with E-state index in [9.17, 15) is 4.79 Å². The van der Waals surface area contributed by atoms with E-state index in [4.69, 9.17) is 0 Å². The molecule has 0 aliphatic carbocycles. The van der Waals surface area contributed by atoms with Crippen LogP contribution in [0.3, 0.4) is 0 Å². The fourth-order valence-corrected chi connectivity index (χ4v) is 3.41. The van der Waals surface area contributed by atoms with Crippen molar-refractivity contribution < 1.29 is 4.79 Å². The molecule has 1 aromatic carbocycles. The fourth-order valence-electron chi connectivity index (χ4n) is 1.98. The number of carbonyl (C=O) groups is 1. The van der Waals surface area contributed by atoms with Crippen LogP contribution in [-0.4, -0.2) is 34.9 Å². The molecule has 1 amide bonds. The SMILES string of the molecule is CCC1CN(C(=O)c2ccccc2S)CCS1. The van der Waals surface area contributed by atoms with Crippen molar-refractivity contribution in [2.45, 2.75) is 23.5 Å². The topological polar surface area (TPSA) is 20.3 Å². The normalized spacial score (nSPS) is 20.4. The summed E-state index contributed by atoms with van der Waals surface area (Å²) in [4.78, 5) is 15.1. The summed E-state index contributed by atoms with van der Waals surface area (Å²) in [6.45, 7) is 3.89. The van der Waals surface area contributed by atoms with Gasteiger partial charge >= 0.3 is 0 Å². The van der Waals surface area contributed by atoms with Crippen LogP contribution in [-0.2, 0) is 0 Å². The number of thiol groups is 1. The van der Waals surface area contributed by atoms with Crippen molar-refractivity contribution >= 4 is 30.3 Å². The number of nitrogens with zero attached hydrogens (tertiary/aromatic N) is 1. The molecular formula is C13H17NOS2. The van der Waals surface area contributed by atoms with E-state index in [1.54, 1.807) is 0 Å². The van der Waals surface area contributed by atoms with Gasteiger partial charge in [0.1, 0.15) is 0 Å². The zero-order chi connectivity index (χ0) is 12.3. The van der Waals surface area contributed by atoms with Gasteiger partial charge in [-0.3, -0.25) is 4.79 Å². The second kappa shape index (κ2) is 5.83. The predicted octanol–water partition coefficient (Wildman–Crippen LogP) is 2.94. The molecule has 1 fully saturated rings. The molecule has 2 nitrogen and oxygen atoms in total. The number of hydrogen-bond acceptors (Lipinski definition) is 3. The summed E-state index contributed by atoms with van der Waals surface area (Å²) in [6, 6.07) is 7.52. The molecule has 0 spiro atoms. The average molecular weight is 267 g/mol. The Morgan fingerprint density at radius 3 is 3.00 bits per heavy atom. The zero-order valence-electron chi connectivity index (χ0n) is 9.93. The van der Waals surface area contributed by atoms with Gasteiger partial charge in [0, 0.05) is 29.0 Å². The molecule has 0 saturated carbocycles. The summed E-state index contributed by atoms with van der Waals surface area (Å²) in [5.74, 6) is 1.16. The van der Waals surface area contributed by atoms with Crippen LogP contribution in [0.4, 0.5) is 0 Å². The van der Waals surface area contributed by atoms with Crippen molar-refractivity contribution in [2.75, 3.05) is 18.8 Å². The third kappa shape index (κ3) is 2.99. The van der Waals surface area contributed by atoms with Crippen molar-refractivity contribution in [2.24, 2.45) is 0 Å². The molecule has 4 heteroatoms. The zero-order valence-corrected chi connectivity index (χ0v) is 11.6. The van der Waals surface area contributed by atoms with E-state index in [1.807, 2.05) is 40.9 Å². The molecule has 0 N–H and O–H groups in total. The van der Waals surface area contributed by atoms with Gasteiger partial charge < -0.3 is 4.90 Å². The number of carbonyl (C=O) groups excluding carboxylic acids is 1. The Balaban J connectivity index is 2.12. The van der Waals surface area contributed by atoms with Gasteiger partial charge in [0.2, 0.25) is 0 Å². The minimum Gasteiger partial charge on any atom is -0.337 e. The Hall–Kier alpha value is -0.610. The molecule has 0 radical (unpaired) electrons. The van der Waals surface area contributed by atoms with Crippen molar-refractivity contribution in [1.29, 1.82) is 0 Å². The fraction of sp³-hybridized carbons (Fsp3) is 0.462. The van der Waals surface area contributed by atoms with E-state index in [-0.39, 0.29) is 5.91 Å². The molecule has 1 unspecified atom stereocenters. The number of benzene rings is 1. The monoisotopic (exact) mass is 267 g/mol. The molecular weight excluding hydrogens is 250 g/mol. The van der Waals surface area contributed by atoms with Gasteiger partial charge in [-0.05, 0) is 18.6 Å². The minimum atomic E-state index is 0.120. The standard InChI is InChI=1S/C13H17NOS2/c1-2-10-9-14(7-8-17-10)13(15)11-5-3-4-6-12(11)16/h3-6,10,16H,2,7-9H2,1H3. The molecule has 0 aromatic heterocycles. The average Bonchev–Trinajstić information content (AvgIpc) is 2.38. The van der Waals surface area contributed by atoms with Gasteiger partial charge in [0.25, 0.3) is 5.91 Å². The number of thioether (sulfide) groups is 1. The van der Waals surface area contributed by atoms with E-state index >= 15 is 0 Å². The highest BCUT2D eigenvalue weighted by molar-refractivity contribution is 8.00. The first-order valence-corrected chi connectivity index (χ1v) is 7.41. The summed E-state index contributed by atoms with van der Waals surface area (Å²) in [5.41, 5.74) is 0.720. The van der Waals surface area contributed by atoms with Crippen LogP contribution in [0.2, 0.25) is 0 Å². The van der Waals surface area contributed by atoms with Crippen LogP contribution in [0.1, 0.15) is 23.7 Å². The maximum absolute atomic E-state index is 12.3. The van der Waals surface area contributed by atoms with Crippen LogP contribution in [0, 0.1) is 0 Å². The third-order valence-electron chi connectivity index (χ3n) is 3.02. The van der Waals surface area contributed by atoms with Gasteiger partial charge in [0.15, 0.2) is 0 Å². The van der Waals surface area contributed by atoms with E-state index in [0.29, 0.717) is 5.25 Å². The van der Waals surface area contributed by atoms with Crippen molar-refractivity contribution in [3.05, 3.63) is 29.8 Å². The van der Waals surface area contributed by atoms with Crippen LogP contribution >= 0.6 is 24.4 Å². The summed E-state index contributed by atoms with van der Waals surface area (Å²) < 4.78 is 0. The lowest BCUT2D eigenvalue weighted by Crippen LogP contribution is -2.41. The molecule has 1 aromatic rings. The summed E-state index contributed by atoms with van der Waals surface area (Å²) in [7, 11) is 0. The molecule has 1 saturated heterocycles. The first-order chi connectivity index (χ1) is 8.22. The predicted molar refractivity (Wildman–Crippen MR) is 76.1 cm³/mol. The Morgan fingerprint density at radius 1 is 1.53 bits per heavy atom. The summed E-state index contributed by atoms with van der Waals surface area (Å²) >= 11 is 6.32. The van der Waals surface area contributed by atoms with Gasteiger partial charge in [-0.15, -0.1) is 12.6 Å². The van der Waals surface area contributed by atoms with Crippen LogP contribution in [0.15, 0.2) is 29.2 Å². The molecule has 1 atom stereocenters. The van der Waals surface area contributed by atoms with Gasteiger partial charge in [-0.25, -0.2) is 0 Å².